The Morgan fingerprint density at radius 3 is 2.48 bits per heavy atom. The smallest absolute Gasteiger partial charge is 0.321 e. The maximum Gasteiger partial charge on any atom is 0.321 e. The Bertz CT molecular complexity index is 453. The van der Waals surface area contributed by atoms with Crippen molar-refractivity contribution in [2.24, 2.45) is 0 Å². The van der Waals surface area contributed by atoms with Gasteiger partial charge in [0.15, 0.2) is 0 Å². The Labute approximate surface area is 127 Å². The summed E-state index contributed by atoms with van der Waals surface area (Å²) < 4.78 is 0. The molecule has 1 aliphatic heterocycles. The van der Waals surface area contributed by atoms with E-state index < -0.39 is 0 Å². The number of hydrogen-bond acceptors (Lipinski definition) is 2. The van der Waals surface area contributed by atoms with E-state index in [1.54, 1.807) is 0 Å². The van der Waals surface area contributed by atoms with Crippen LogP contribution >= 0.6 is 0 Å². The minimum atomic E-state index is 0.0335. The van der Waals surface area contributed by atoms with Crippen molar-refractivity contribution < 1.29 is 4.79 Å². The van der Waals surface area contributed by atoms with Crippen molar-refractivity contribution >= 4 is 11.7 Å². The Hall–Kier alpha value is -1.55. The molecule has 1 heterocycles. The second-order valence-electron chi connectivity index (χ2n) is 5.82. The molecule has 21 heavy (non-hydrogen) atoms. The zero-order valence-corrected chi connectivity index (χ0v) is 13.2. The number of carbonyl (C=O) groups excluding carboxylic acids is 1. The second-order valence-corrected chi connectivity index (χ2v) is 5.82. The normalized spacial score (nSPS) is 17.7. The van der Waals surface area contributed by atoms with E-state index in [4.69, 9.17) is 0 Å². The van der Waals surface area contributed by atoms with E-state index in [0.717, 1.165) is 31.6 Å². The zero-order valence-electron chi connectivity index (χ0n) is 13.2. The van der Waals surface area contributed by atoms with Gasteiger partial charge in [0.2, 0.25) is 0 Å². The summed E-state index contributed by atoms with van der Waals surface area (Å²) in [6.07, 6.45) is 6.01. The van der Waals surface area contributed by atoms with Gasteiger partial charge in [-0.2, -0.15) is 0 Å². The van der Waals surface area contributed by atoms with Crippen LogP contribution in [0.1, 0.15) is 50.6 Å². The molecule has 0 saturated carbocycles. The third kappa shape index (κ3) is 4.74. The van der Waals surface area contributed by atoms with Crippen molar-refractivity contribution in [1.29, 1.82) is 0 Å². The van der Waals surface area contributed by atoms with E-state index in [1.165, 1.54) is 24.8 Å². The summed E-state index contributed by atoms with van der Waals surface area (Å²) in [6.45, 7) is 3.86. The summed E-state index contributed by atoms with van der Waals surface area (Å²) in [7, 11) is 1.94. The zero-order chi connectivity index (χ0) is 15.1. The third-order valence-electron chi connectivity index (χ3n) is 4.21. The molecule has 1 saturated heterocycles. The van der Waals surface area contributed by atoms with Crippen LogP contribution < -0.4 is 10.6 Å². The number of amides is 2. The van der Waals surface area contributed by atoms with E-state index in [-0.39, 0.29) is 12.1 Å². The Balaban J connectivity index is 1.97. The van der Waals surface area contributed by atoms with Crippen LogP contribution in [0.2, 0.25) is 0 Å². The molecule has 0 radical (unpaired) electrons. The maximum absolute atomic E-state index is 12.4. The Morgan fingerprint density at radius 2 is 1.81 bits per heavy atom. The molecule has 0 aromatic heterocycles. The number of rotatable bonds is 3. The van der Waals surface area contributed by atoms with Gasteiger partial charge in [0, 0.05) is 24.8 Å². The number of hydrogen-bond donors (Lipinski definition) is 2. The predicted molar refractivity (Wildman–Crippen MR) is 87.6 cm³/mol. The SMILES string of the molecule is CNC(C)c1cccc(NC(=O)N2CCCCCCC2)c1. The highest BCUT2D eigenvalue weighted by Crippen LogP contribution is 2.18. The van der Waals surface area contributed by atoms with Crippen molar-refractivity contribution in [3.8, 4) is 0 Å². The van der Waals surface area contributed by atoms with Gasteiger partial charge in [-0.15, -0.1) is 0 Å². The lowest BCUT2D eigenvalue weighted by Gasteiger charge is -2.25. The summed E-state index contributed by atoms with van der Waals surface area (Å²) in [5.41, 5.74) is 2.06. The molecule has 2 rings (SSSR count). The maximum atomic E-state index is 12.4. The molecular weight excluding hydrogens is 262 g/mol. The molecule has 116 valence electrons. The van der Waals surface area contributed by atoms with Crippen LogP contribution in [-0.4, -0.2) is 31.1 Å². The number of nitrogens with one attached hydrogen (secondary N) is 2. The van der Waals surface area contributed by atoms with Gasteiger partial charge in [0.1, 0.15) is 0 Å². The van der Waals surface area contributed by atoms with Gasteiger partial charge < -0.3 is 15.5 Å². The molecule has 1 fully saturated rings. The lowest BCUT2D eigenvalue weighted by atomic mass is 10.1. The molecule has 2 amide bonds. The van der Waals surface area contributed by atoms with E-state index in [0.29, 0.717) is 0 Å². The van der Waals surface area contributed by atoms with Crippen LogP contribution in [0, 0.1) is 0 Å². The van der Waals surface area contributed by atoms with Crippen LogP contribution in [0.3, 0.4) is 0 Å². The molecule has 1 atom stereocenters. The molecule has 1 aromatic rings. The van der Waals surface area contributed by atoms with E-state index >= 15 is 0 Å². The fourth-order valence-corrected chi connectivity index (χ4v) is 2.71. The highest BCUT2D eigenvalue weighted by molar-refractivity contribution is 5.89. The Kier molecular flexibility index (Phi) is 6.05. The topological polar surface area (TPSA) is 44.4 Å². The average molecular weight is 289 g/mol. The summed E-state index contributed by atoms with van der Waals surface area (Å²) in [5.74, 6) is 0. The number of anilines is 1. The molecule has 0 bridgehead atoms. The first-order chi connectivity index (χ1) is 10.2. The van der Waals surface area contributed by atoms with Crippen molar-refractivity contribution in [3.05, 3.63) is 29.8 Å². The monoisotopic (exact) mass is 289 g/mol. The predicted octanol–water partition coefficient (Wildman–Crippen LogP) is 3.77. The average Bonchev–Trinajstić information content (AvgIpc) is 2.46. The van der Waals surface area contributed by atoms with Crippen LogP contribution in [0.25, 0.3) is 0 Å². The highest BCUT2D eigenvalue weighted by atomic mass is 16.2. The first-order valence-corrected chi connectivity index (χ1v) is 8.04. The molecule has 0 spiro atoms. The van der Waals surface area contributed by atoms with Crippen molar-refractivity contribution in [2.45, 2.75) is 45.1 Å². The minimum Gasteiger partial charge on any atom is -0.325 e. The molecule has 4 nitrogen and oxygen atoms in total. The van der Waals surface area contributed by atoms with Crippen LogP contribution in [-0.2, 0) is 0 Å². The summed E-state index contributed by atoms with van der Waals surface area (Å²) in [4.78, 5) is 14.3. The summed E-state index contributed by atoms with van der Waals surface area (Å²) >= 11 is 0. The lowest BCUT2D eigenvalue weighted by molar-refractivity contribution is 0.206. The van der Waals surface area contributed by atoms with Crippen molar-refractivity contribution in [3.63, 3.8) is 0 Å². The van der Waals surface area contributed by atoms with E-state index in [2.05, 4.69) is 23.6 Å². The van der Waals surface area contributed by atoms with Gasteiger partial charge in [-0.1, -0.05) is 31.4 Å². The number of carbonyl (C=O) groups is 1. The van der Waals surface area contributed by atoms with Gasteiger partial charge in [0.05, 0.1) is 0 Å². The van der Waals surface area contributed by atoms with Crippen LogP contribution in [0.5, 0.6) is 0 Å². The third-order valence-corrected chi connectivity index (χ3v) is 4.21. The molecule has 2 N–H and O–H groups in total. The van der Waals surface area contributed by atoms with Crippen LogP contribution in [0.15, 0.2) is 24.3 Å². The first-order valence-electron chi connectivity index (χ1n) is 8.04. The summed E-state index contributed by atoms with van der Waals surface area (Å²) in [5, 5.41) is 6.26. The van der Waals surface area contributed by atoms with E-state index in [1.807, 2.05) is 30.1 Å². The number of urea groups is 1. The number of benzene rings is 1. The molecule has 0 aliphatic carbocycles. The largest absolute Gasteiger partial charge is 0.325 e. The number of nitrogens with zero attached hydrogens (tertiary/aromatic N) is 1. The molecule has 1 unspecified atom stereocenters. The quantitative estimate of drug-likeness (QED) is 0.889. The molecule has 1 aliphatic rings. The number of likely N-dealkylation sites (tertiary alicyclic amines) is 1. The van der Waals surface area contributed by atoms with Gasteiger partial charge in [-0.3, -0.25) is 0 Å². The molecule has 4 heteroatoms. The fourth-order valence-electron chi connectivity index (χ4n) is 2.71. The Morgan fingerprint density at radius 1 is 1.14 bits per heavy atom. The molecular formula is C17H27N3O. The van der Waals surface area contributed by atoms with Crippen LogP contribution in [0.4, 0.5) is 10.5 Å². The highest BCUT2D eigenvalue weighted by Gasteiger charge is 2.15. The standard InChI is InChI=1S/C17H27N3O/c1-14(18-2)15-9-8-10-16(13-15)19-17(21)20-11-6-4-3-5-7-12-20/h8-10,13-14,18H,3-7,11-12H2,1-2H3,(H,19,21). The van der Waals surface area contributed by atoms with Crippen molar-refractivity contribution in [1.82, 2.24) is 10.2 Å². The van der Waals surface area contributed by atoms with Crippen molar-refractivity contribution in [2.75, 3.05) is 25.5 Å². The lowest BCUT2D eigenvalue weighted by Crippen LogP contribution is -2.37. The van der Waals surface area contributed by atoms with Gasteiger partial charge in [-0.05, 0) is 44.5 Å². The molecule has 1 aromatic carbocycles. The van der Waals surface area contributed by atoms with Gasteiger partial charge in [-0.25, -0.2) is 4.79 Å². The van der Waals surface area contributed by atoms with Gasteiger partial charge in [0.25, 0.3) is 0 Å². The summed E-state index contributed by atoms with van der Waals surface area (Å²) in [6, 6.07) is 8.38. The fraction of sp³-hybridized carbons (Fsp3) is 0.588. The van der Waals surface area contributed by atoms with E-state index in [9.17, 15) is 4.79 Å². The minimum absolute atomic E-state index is 0.0335. The second kappa shape index (κ2) is 8.03. The van der Waals surface area contributed by atoms with Gasteiger partial charge >= 0.3 is 6.03 Å². The first kappa shape index (κ1) is 15.8.